The van der Waals surface area contributed by atoms with Gasteiger partial charge in [-0.25, -0.2) is 13.5 Å². The van der Waals surface area contributed by atoms with Crippen molar-refractivity contribution in [2.24, 2.45) is 5.73 Å². The van der Waals surface area contributed by atoms with Crippen molar-refractivity contribution in [2.75, 3.05) is 0 Å². The molecular formula is C20H10Cl3F2N3O. The second-order valence-electron chi connectivity index (χ2n) is 6.19. The van der Waals surface area contributed by atoms with Crippen LogP contribution in [-0.4, -0.2) is 15.7 Å². The largest absolute Gasteiger partial charge is 0.366 e. The maximum atomic E-state index is 14.6. The molecule has 2 N–H and O–H groups in total. The van der Waals surface area contributed by atoms with Crippen LogP contribution in [0.4, 0.5) is 8.78 Å². The fraction of sp³-hybridized carbons (Fsp3) is 0. The predicted octanol–water partition coefficient (Wildman–Crippen LogP) is 6.03. The maximum Gasteiger partial charge on any atom is 0.251 e. The van der Waals surface area contributed by atoms with Crippen molar-refractivity contribution in [3.8, 4) is 16.9 Å². The quantitative estimate of drug-likeness (QED) is 0.412. The number of carbonyl (C=O) groups excluding carboxylic acids is 1. The summed E-state index contributed by atoms with van der Waals surface area (Å²) in [5.41, 5.74) is 5.93. The number of nitrogens with two attached hydrogens (primary N) is 1. The van der Waals surface area contributed by atoms with Crippen LogP contribution in [0.1, 0.15) is 10.4 Å². The summed E-state index contributed by atoms with van der Waals surface area (Å²) in [4.78, 5) is 11.4. The molecule has 0 radical (unpaired) electrons. The Morgan fingerprint density at radius 2 is 1.62 bits per heavy atom. The van der Waals surface area contributed by atoms with Crippen LogP contribution in [0.15, 0.2) is 48.5 Å². The number of halogens is 5. The van der Waals surface area contributed by atoms with E-state index in [1.54, 1.807) is 18.2 Å². The number of fused-ring (bicyclic) bond motifs is 1. The Kier molecular flexibility index (Phi) is 4.94. The molecule has 0 spiro atoms. The molecule has 0 fully saturated rings. The van der Waals surface area contributed by atoms with Crippen LogP contribution >= 0.6 is 34.8 Å². The van der Waals surface area contributed by atoms with E-state index in [1.807, 2.05) is 0 Å². The lowest BCUT2D eigenvalue weighted by Gasteiger charge is -2.08. The Hall–Kier alpha value is -2.67. The lowest BCUT2D eigenvalue weighted by molar-refractivity contribution is 0.0996. The van der Waals surface area contributed by atoms with Gasteiger partial charge in [0.15, 0.2) is 0 Å². The monoisotopic (exact) mass is 451 g/mol. The third kappa shape index (κ3) is 3.44. The molecule has 0 aliphatic carbocycles. The van der Waals surface area contributed by atoms with Gasteiger partial charge < -0.3 is 5.73 Å². The first-order chi connectivity index (χ1) is 13.8. The molecule has 4 rings (SSSR count). The van der Waals surface area contributed by atoms with E-state index in [0.717, 1.165) is 12.1 Å². The van der Waals surface area contributed by atoms with Gasteiger partial charge >= 0.3 is 0 Å². The standard InChI is InChI=1S/C20H10Cl3F2N3O/c21-9-2-4-17-13(5-9)19(11-3-1-10(22)6-15(11)24)27-28(17)18-8-16(25)12(20(26)29)7-14(18)23/h1-8H,(H2,26,29). The van der Waals surface area contributed by atoms with Crippen LogP contribution < -0.4 is 5.73 Å². The summed E-state index contributed by atoms with van der Waals surface area (Å²) < 4.78 is 30.3. The molecule has 1 heterocycles. The van der Waals surface area contributed by atoms with Gasteiger partial charge in [-0.2, -0.15) is 5.10 Å². The average molecular weight is 453 g/mol. The zero-order valence-electron chi connectivity index (χ0n) is 14.4. The smallest absolute Gasteiger partial charge is 0.251 e. The Labute approximate surface area is 178 Å². The molecule has 0 unspecified atom stereocenters. The normalized spacial score (nSPS) is 11.2. The van der Waals surface area contributed by atoms with Crippen LogP contribution in [-0.2, 0) is 0 Å². The van der Waals surface area contributed by atoms with Crippen LogP contribution in [0.25, 0.3) is 27.8 Å². The number of nitrogens with zero attached hydrogens (tertiary/aromatic N) is 2. The number of primary amides is 1. The summed E-state index contributed by atoms with van der Waals surface area (Å²) in [6, 6.07) is 11.2. The summed E-state index contributed by atoms with van der Waals surface area (Å²) in [6.45, 7) is 0. The minimum Gasteiger partial charge on any atom is -0.366 e. The van der Waals surface area contributed by atoms with Gasteiger partial charge in [0, 0.05) is 27.1 Å². The first kappa shape index (κ1) is 19.6. The molecule has 0 atom stereocenters. The van der Waals surface area contributed by atoms with E-state index in [0.29, 0.717) is 15.9 Å². The van der Waals surface area contributed by atoms with Gasteiger partial charge in [-0.1, -0.05) is 34.8 Å². The van der Waals surface area contributed by atoms with Crippen LogP contribution in [0.2, 0.25) is 15.1 Å². The van der Waals surface area contributed by atoms with Crippen molar-refractivity contribution in [1.29, 1.82) is 0 Å². The predicted molar refractivity (Wildman–Crippen MR) is 110 cm³/mol. The summed E-state index contributed by atoms with van der Waals surface area (Å²) in [5, 5.41) is 5.66. The summed E-state index contributed by atoms with van der Waals surface area (Å²) in [6.07, 6.45) is 0. The first-order valence-corrected chi connectivity index (χ1v) is 9.32. The molecule has 1 amide bonds. The zero-order chi connectivity index (χ0) is 20.9. The highest BCUT2D eigenvalue weighted by Gasteiger charge is 2.20. The Morgan fingerprint density at radius 1 is 0.931 bits per heavy atom. The highest BCUT2D eigenvalue weighted by molar-refractivity contribution is 6.33. The van der Waals surface area contributed by atoms with Crippen LogP contribution in [0.5, 0.6) is 0 Å². The van der Waals surface area contributed by atoms with Gasteiger partial charge in [0.2, 0.25) is 0 Å². The van der Waals surface area contributed by atoms with Crippen molar-refractivity contribution in [2.45, 2.75) is 0 Å². The van der Waals surface area contributed by atoms with E-state index >= 15 is 0 Å². The Morgan fingerprint density at radius 3 is 2.31 bits per heavy atom. The van der Waals surface area contributed by atoms with Crippen LogP contribution in [0.3, 0.4) is 0 Å². The SMILES string of the molecule is NC(=O)c1cc(Cl)c(-n2nc(-c3ccc(Cl)cc3F)c3cc(Cl)ccc32)cc1F. The number of rotatable bonds is 3. The number of carbonyl (C=O) groups is 1. The summed E-state index contributed by atoms with van der Waals surface area (Å²) in [5.74, 6) is -2.38. The minimum absolute atomic E-state index is 0.0441. The van der Waals surface area contributed by atoms with Gasteiger partial charge in [-0.3, -0.25) is 4.79 Å². The van der Waals surface area contributed by atoms with Gasteiger partial charge in [0.1, 0.15) is 17.3 Å². The first-order valence-electron chi connectivity index (χ1n) is 8.19. The second kappa shape index (κ2) is 7.30. The minimum atomic E-state index is -0.947. The average Bonchev–Trinajstić information content (AvgIpc) is 3.01. The summed E-state index contributed by atoms with van der Waals surface area (Å²) >= 11 is 18.2. The zero-order valence-corrected chi connectivity index (χ0v) is 16.7. The van der Waals surface area contributed by atoms with E-state index in [2.05, 4.69) is 5.10 Å². The number of hydrogen-bond donors (Lipinski definition) is 1. The number of amides is 1. The van der Waals surface area contributed by atoms with E-state index in [9.17, 15) is 13.6 Å². The van der Waals surface area contributed by atoms with Crippen molar-refractivity contribution < 1.29 is 13.6 Å². The molecule has 0 aliphatic heterocycles. The molecule has 0 bridgehead atoms. The molecule has 146 valence electrons. The lowest BCUT2D eigenvalue weighted by Crippen LogP contribution is -2.14. The molecule has 0 saturated carbocycles. The topological polar surface area (TPSA) is 60.9 Å². The fourth-order valence-corrected chi connectivity index (χ4v) is 3.62. The van der Waals surface area contributed by atoms with E-state index in [1.165, 1.54) is 22.9 Å². The second-order valence-corrected chi connectivity index (χ2v) is 7.47. The maximum absolute atomic E-state index is 14.6. The van der Waals surface area contributed by atoms with Crippen molar-refractivity contribution in [3.05, 3.63) is 80.8 Å². The van der Waals surface area contributed by atoms with Gasteiger partial charge in [0.05, 0.1) is 21.8 Å². The van der Waals surface area contributed by atoms with Gasteiger partial charge in [0.25, 0.3) is 5.91 Å². The lowest BCUT2D eigenvalue weighted by atomic mass is 10.1. The van der Waals surface area contributed by atoms with Gasteiger partial charge in [-0.05, 0) is 42.5 Å². The fourth-order valence-electron chi connectivity index (χ4n) is 3.04. The highest BCUT2D eigenvalue weighted by Crippen LogP contribution is 2.35. The Bertz CT molecular complexity index is 1300. The van der Waals surface area contributed by atoms with E-state index in [4.69, 9.17) is 40.5 Å². The molecule has 29 heavy (non-hydrogen) atoms. The van der Waals surface area contributed by atoms with Gasteiger partial charge in [-0.15, -0.1) is 0 Å². The molecule has 9 heteroatoms. The third-order valence-corrected chi connectivity index (χ3v) is 5.13. The van der Waals surface area contributed by atoms with E-state index in [-0.39, 0.29) is 32.6 Å². The Balaban J connectivity index is 2.03. The molecular weight excluding hydrogens is 443 g/mol. The highest BCUT2D eigenvalue weighted by atomic mass is 35.5. The third-order valence-electron chi connectivity index (χ3n) is 4.36. The van der Waals surface area contributed by atoms with E-state index < -0.39 is 17.5 Å². The molecule has 3 aromatic carbocycles. The van der Waals surface area contributed by atoms with Crippen molar-refractivity contribution in [1.82, 2.24) is 9.78 Å². The molecule has 0 saturated heterocycles. The van der Waals surface area contributed by atoms with Crippen molar-refractivity contribution >= 4 is 51.6 Å². The van der Waals surface area contributed by atoms with Crippen LogP contribution in [0, 0.1) is 11.6 Å². The summed E-state index contributed by atoms with van der Waals surface area (Å²) in [7, 11) is 0. The number of hydrogen-bond acceptors (Lipinski definition) is 2. The molecule has 1 aromatic heterocycles. The molecule has 4 nitrogen and oxygen atoms in total. The number of aromatic nitrogens is 2. The number of benzene rings is 3. The molecule has 4 aromatic rings. The molecule has 0 aliphatic rings. The van der Waals surface area contributed by atoms with Crippen molar-refractivity contribution in [3.63, 3.8) is 0 Å².